The first-order chi connectivity index (χ1) is 8.49. The maximum Gasteiger partial charge on any atom is 0.121 e. The first-order valence-corrected chi connectivity index (χ1v) is 6.05. The molecule has 2 aromatic carbocycles. The highest BCUT2D eigenvalue weighted by Gasteiger charge is 2.10. The molecule has 0 bridgehead atoms. The smallest absolute Gasteiger partial charge is 0.121 e. The highest BCUT2D eigenvalue weighted by molar-refractivity contribution is 5.50. The SMILES string of the molecule is Cc1cc(C)c(Cc2cccc(O)c2)c(C)c1O. The number of hydrogen-bond acceptors (Lipinski definition) is 2. The van der Waals surface area contributed by atoms with Crippen LogP contribution in [0.3, 0.4) is 0 Å². The van der Waals surface area contributed by atoms with Crippen molar-refractivity contribution in [3.8, 4) is 11.5 Å². The van der Waals surface area contributed by atoms with E-state index in [-0.39, 0.29) is 5.75 Å². The molecule has 0 saturated heterocycles. The lowest BCUT2D eigenvalue weighted by Crippen LogP contribution is -1.97. The molecule has 18 heavy (non-hydrogen) atoms. The van der Waals surface area contributed by atoms with Crippen LogP contribution in [0.4, 0.5) is 0 Å². The Kier molecular flexibility index (Phi) is 3.28. The van der Waals surface area contributed by atoms with E-state index >= 15 is 0 Å². The Morgan fingerprint density at radius 3 is 2.33 bits per heavy atom. The number of rotatable bonds is 2. The average Bonchev–Trinajstić information content (AvgIpc) is 2.32. The lowest BCUT2D eigenvalue weighted by atomic mass is 9.93. The van der Waals surface area contributed by atoms with Crippen LogP contribution in [0.2, 0.25) is 0 Å². The van der Waals surface area contributed by atoms with E-state index in [1.54, 1.807) is 12.1 Å². The number of aryl methyl sites for hydroxylation is 2. The monoisotopic (exact) mass is 242 g/mol. The second-order valence-electron chi connectivity index (χ2n) is 4.81. The van der Waals surface area contributed by atoms with Crippen molar-refractivity contribution in [2.24, 2.45) is 0 Å². The molecule has 2 heteroatoms. The fourth-order valence-electron chi connectivity index (χ4n) is 2.36. The van der Waals surface area contributed by atoms with Crippen molar-refractivity contribution >= 4 is 0 Å². The second-order valence-corrected chi connectivity index (χ2v) is 4.81. The lowest BCUT2D eigenvalue weighted by Gasteiger charge is -2.14. The zero-order valence-corrected chi connectivity index (χ0v) is 11.0. The number of hydrogen-bond donors (Lipinski definition) is 2. The van der Waals surface area contributed by atoms with Gasteiger partial charge in [0.05, 0.1) is 0 Å². The Hall–Kier alpha value is -1.96. The van der Waals surface area contributed by atoms with Crippen LogP contribution >= 0.6 is 0 Å². The van der Waals surface area contributed by atoms with Gasteiger partial charge in [0, 0.05) is 0 Å². The van der Waals surface area contributed by atoms with Crippen molar-refractivity contribution in [3.63, 3.8) is 0 Å². The van der Waals surface area contributed by atoms with Crippen molar-refractivity contribution in [1.29, 1.82) is 0 Å². The van der Waals surface area contributed by atoms with Gasteiger partial charge in [0.25, 0.3) is 0 Å². The first kappa shape index (κ1) is 12.5. The third-order valence-corrected chi connectivity index (χ3v) is 3.38. The molecule has 0 amide bonds. The summed E-state index contributed by atoms with van der Waals surface area (Å²) < 4.78 is 0. The third-order valence-electron chi connectivity index (χ3n) is 3.38. The van der Waals surface area contributed by atoms with E-state index in [1.165, 1.54) is 5.56 Å². The zero-order valence-electron chi connectivity index (χ0n) is 11.0. The summed E-state index contributed by atoms with van der Waals surface area (Å²) in [6, 6.07) is 9.24. The van der Waals surface area contributed by atoms with Crippen LogP contribution in [0.25, 0.3) is 0 Å². The van der Waals surface area contributed by atoms with Crippen LogP contribution in [0, 0.1) is 20.8 Å². The summed E-state index contributed by atoms with van der Waals surface area (Å²) in [6.07, 6.45) is 0.722. The molecule has 0 aliphatic rings. The number of phenols is 2. The largest absolute Gasteiger partial charge is 0.508 e. The van der Waals surface area contributed by atoms with E-state index in [1.807, 2.05) is 32.0 Å². The Morgan fingerprint density at radius 2 is 1.67 bits per heavy atom. The van der Waals surface area contributed by atoms with Crippen LogP contribution in [0.1, 0.15) is 27.8 Å². The molecule has 0 saturated carbocycles. The minimum Gasteiger partial charge on any atom is -0.508 e. The van der Waals surface area contributed by atoms with E-state index in [0.717, 1.165) is 28.7 Å². The minimum atomic E-state index is 0.277. The highest BCUT2D eigenvalue weighted by Crippen LogP contribution is 2.29. The molecule has 0 atom stereocenters. The van der Waals surface area contributed by atoms with Gasteiger partial charge in [0.2, 0.25) is 0 Å². The fourth-order valence-corrected chi connectivity index (χ4v) is 2.36. The third kappa shape index (κ3) is 2.33. The normalized spacial score (nSPS) is 10.6. The summed E-state index contributed by atoms with van der Waals surface area (Å²) in [7, 11) is 0. The van der Waals surface area contributed by atoms with Gasteiger partial charge >= 0.3 is 0 Å². The molecular weight excluding hydrogens is 224 g/mol. The van der Waals surface area contributed by atoms with Gasteiger partial charge in [0.1, 0.15) is 11.5 Å². The molecule has 0 aliphatic carbocycles. The standard InChI is InChI=1S/C16H18O2/c1-10-7-11(2)16(18)12(3)15(10)9-13-5-4-6-14(17)8-13/h4-8,17-18H,9H2,1-3H3. The molecule has 0 spiro atoms. The van der Waals surface area contributed by atoms with Crippen LogP contribution in [0.5, 0.6) is 11.5 Å². The Bertz CT molecular complexity index is 586. The van der Waals surface area contributed by atoms with E-state index in [0.29, 0.717) is 5.75 Å². The predicted molar refractivity (Wildman–Crippen MR) is 73.2 cm³/mol. The van der Waals surface area contributed by atoms with Gasteiger partial charge in [-0.2, -0.15) is 0 Å². The van der Waals surface area contributed by atoms with E-state index in [9.17, 15) is 10.2 Å². The van der Waals surface area contributed by atoms with Crippen molar-refractivity contribution in [2.45, 2.75) is 27.2 Å². The second kappa shape index (κ2) is 4.73. The highest BCUT2D eigenvalue weighted by atomic mass is 16.3. The summed E-state index contributed by atoms with van der Waals surface area (Å²) in [6.45, 7) is 5.90. The number of benzene rings is 2. The summed E-state index contributed by atoms with van der Waals surface area (Å²) in [5.74, 6) is 0.648. The molecule has 2 N–H and O–H groups in total. The van der Waals surface area contributed by atoms with Crippen molar-refractivity contribution in [1.82, 2.24) is 0 Å². The topological polar surface area (TPSA) is 40.5 Å². The maximum atomic E-state index is 9.99. The predicted octanol–water partition coefficient (Wildman–Crippen LogP) is 3.61. The van der Waals surface area contributed by atoms with Crippen LogP contribution in [-0.4, -0.2) is 10.2 Å². The minimum absolute atomic E-state index is 0.277. The van der Waals surface area contributed by atoms with Gasteiger partial charge in [-0.05, 0) is 67.1 Å². The van der Waals surface area contributed by atoms with E-state index < -0.39 is 0 Å². The summed E-state index contributed by atoms with van der Waals surface area (Å²) in [5.41, 5.74) is 5.18. The van der Waals surface area contributed by atoms with Gasteiger partial charge < -0.3 is 10.2 Å². The molecule has 2 aromatic rings. The Morgan fingerprint density at radius 1 is 0.944 bits per heavy atom. The Labute approximate surface area is 108 Å². The Balaban J connectivity index is 2.44. The van der Waals surface area contributed by atoms with Crippen LogP contribution in [0.15, 0.2) is 30.3 Å². The molecule has 0 aliphatic heterocycles. The zero-order chi connectivity index (χ0) is 13.3. The molecule has 0 radical (unpaired) electrons. The summed E-state index contributed by atoms with van der Waals surface area (Å²) in [5, 5.41) is 19.5. The van der Waals surface area contributed by atoms with Gasteiger partial charge in [-0.25, -0.2) is 0 Å². The molecule has 2 nitrogen and oxygen atoms in total. The van der Waals surface area contributed by atoms with Crippen molar-refractivity contribution in [3.05, 3.63) is 58.1 Å². The molecule has 0 heterocycles. The van der Waals surface area contributed by atoms with Gasteiger partial charge in [0.15, 0.2) is 0 Å². The van der Waals surface area contributed by atoms with Crippen molar-refractivity contribution < 1.29 is 10.2 Å². The van der Waals surface area contributed by atoms with E-state index in [2.05, 4.69) is 6.92 Å². The van der Waals surface area contributed by atoms with Gasteiger partial charge in [-0.15, -0.1) is 0 Å². The van der Waals surface area contributed by atoms with Crippen molar-refractivity contribution in [2.75, 3.05) is 0 Å². The van der Waals surface area contributed by atoms with Crippen LogP contribution in [-0.2, 0) is 6.42 Å². The summed E-state index contributed by atoms with van der Waals surface area (Å²) in [4.78, 5) is 0. The molecular formula is C16H18O2. The van der Waals surface area contributed by atoms with Gasteiger partial charge in [-0.3, -0.25) is 0 Å². The quantitative estimate of drug-likeness (QED) is 0.844. The number of phenolic OH excluding ortho intramolecular Hbond substituents is 2. The molecule has 0 fully saturated rings. The molecule has 0 aromatic heterocycles. The van der Waals surface area contributed by atoms with Gasteiger partial charge in [-0.1, -0.05) is 18.2 Å². The molecule has 0 unspecified atom stereocenters. The first-order valence-electron chi connectivity index (χ1n) is 6.05. The lowest BCUT2D eigenvalue weighted by molar-refractivity contribution is 0.466. The average molecular weight is 242 g/mol. The molecule has 94 valence electrons. The molecule has 2 rings (SSSR count). The maximum absolute atomic E-state index is 9.99. The van der Waals surface area contributed by atoms with E-state index in [4.69, 9.17) is 0 Å². The number of aromatic hydroxyl groups is 2. The summed E-state index contributed by atoms with van der Waals surface area (Å²) >= 11 is 0. The fraction of sp³-hybridized carbons (Fsp3) is 0.250. The van der Waals surface area contributed by atoms with Crippen LogP contribution < -0.4 is 0 Å².